The van der Waals surface area contributed by atoms with Gasteiger partial charge in [-0.05, 0) is 29.8 Å². The summed E-state index contributed by atoms with van der Waals surface area (Å²) < 4.78 is 39.8. The van der Waals surface area contributed by atoms with E-state index in [1.807, 2.05) is 0 Å². The van der Waals surface area contributed by atoms with Gasteiger partial charge in [-0.1, -0.05) is 17.7 Å². The number of nitrogens with one attached hydrogen (secondary N) is 1. The Morgan fingerprint density at radius 2 is 2.04 bits per heavy atom. The molecule has 0 saturated heterocycles. The largest absolute Gasteiger partial charge is 0.416 e. The van der Waals surface area contributed by atoms with Crippen LogP contribution in [-0.2, 0) is 23.9 Å². The number of halogens is 4. The van der Waals surface area contributed by atoms with Crippen molar-refractivity contribution in [2.24, 2.45) is 0 Å². The molecule has 0 saturated carbocycles. The summed E-state index contributed by atoms with van der Waals surface area (Å²) in [6, 6.07) is 7.68. The minimum Gasteiger partial charge on any atom is -0.306 e. The van der Waals surface area contributed by atoms with E-state index in [0.717, 1.165) is 23.5 Å². The Bertz CT molecular complexity index is 1060. The normalized spacial score (nSPS) is 11.4. The predicted molar refractivity (Wildman–Crippen MR) is 101 cm³/mol. The zero-order valence-corrected chi connectivity index (χ0v) is 15.7. The second-order valence-electron chi connectivity index (χ2n) is 5.83. The van der Waals surface area contributed by atoms with E-state index in [0.29, 0.717) is 10.4 Å². The number of carbonyl (C=O) groups excluding carboxylic acids is 1. The number of aromatic nitrogens is 2. The van der Waals surface area contributed by atoms with Gasteiger partial charge in [-0.2, -0.15) is 13.2 Å². The van der Waals surface area contributed by atoms with Crippen LogP contribution in [0.25, 0.3) is 0 Å². The number of thiazole rings is 1. The van der Waals surface area contributed by atoms with Gasteiger partial charge in [0.2, 0.25) is 5.91 Å². The smallest absolute Gasteiger partial charge is 0.306 e. The molecule has 0 atom stereocenters. The van der Waals surface area contributed by atoms with Crippen molar-refractivity contribution in [1.29, 1.82) is 0 Å². The van der Waals surface area contributed by atoms with Gasteiger partial charge in [0.05, 0.1) is 5.56 Å². The van der Waals surface area contributed by atoms with Gasteiger partial charge in [0.1, 0.15) is 6.54 Å². The van der Waals surface area contributed by atoms with Gasteiger partial charge < -0.3 is 9.88 Å². The van der Waals surface area contributed by atoms with Crippen LogP contribution in [0.15, 0.2) is 53.6 Å². The number of pyridine rings is 1. The molecule has 1 amide bonds. The van der Waals surface area contributed by atoms with Crippen molar-refractivity contribution in [3.05, 3.63) is 80.2 Å². The van der Waals surface area contributed by atoms with Crippen LogP contribution in [0.5, 0.6) is 0 Å². The van der Waals surface area contributed by atoms with E-state index in [-0.39, 0.29) is 28.7 Å². The van der Waals surface area contributed by atoms with Gasteiger partial charge >= 0.3 is 6.18 Å². The Labute approximate surface area is 166 Å². The Morgan fingerprint density at radius 1 is 1.25 bits per heavy atom. The molecule has 0 unspecified atom stereocenters. The van der Waals surface area contributed by atoms with Crippen LogP contribution >= 0.6 is 22.9 Å². The van der Waals surface area contributed by atoms with E-state index in [2.05, 4.69) is 10.3 Å². The van der Waals surface area contributed by atoms with Crippen LogP contribution in [0, 0.1) is 0 Å². The van der Waals surface area contributed by atoms with E-state index in [1.54, 1.807) is 12.1 Å². The first kappa shape index (κ1) is 20.1. The van der Waals surface area contributed by atoms with Gasteiger partial charge in [-0.25, -0.2) is 4.98 Å². The SMILES string of the molecule is O=C(Cn1ccccc1=O)Nc1ncc(Cc2cc(C(F)(F)F)ccc2Cl)s1. The van der Waals surface area contributed by atoms with Crippen LogP contribution in [0.4, 0.5) is 18.3 Å². The zero-order valence-electron chi connectivity index (χ0n) is 14.2. The summed E-state index contributed by atoms with van der Waals surface area (Å²) >= 11 is 7.13. The zero-order chi connectivity index (χ0) is 20.3. The number of alkyl halides is 3. The topological polar surface area (TPSA) is 64.0 Å². The number of benzene rings is 1. The first-order valence-corrected chi connectivity index (χ1v) is 9.17. The fourth-order valence-corrected chi connectivity index (χ4v) is 3.46. The van der Waals surface area contributed by atoms with Crippen molar-refractivity contribution in [1.82, 2.24) is 9.55 Å². The summed E-state index contributed by atoms with van der Waals surface area (Å²) in [6.45, 7) is -0.173. The molecule has 0 spiro atoms. The molecular weight excluding hydrogens is 415 g/mol. The molecule has 1 aromatic carbocycles. The average molecular weight is 428 g/mol. The van der Waals surface area contributed by atoms with E-state index >= 15 is 0 Å². The van der Waals surface area contributed by atoms with Gasteiger partial charge in [-0.3, -0.25) is 9.59 Å². The molecule has 0 radical (unpaired) electrons. The number of rotatable bonds is 5. The van der Waals surface area contributed by atoms with Crippen molar-refractivity contribution in [2.75, 3.05) is 5.32 Å². The highest BCUT2D eigenvalue weighted by Crippen LogP contribution is 2.33. The highest BCUT2D eigenvalue weighted by atomic mass is 35.5. The molecule has 28 heavy (non-hydrogen) atoms. The Kier molecular flexibility index (Phi) is 5.85. The lowest BCUT2D eigenvalue weighted by atomic mass is 10.1. The Balaban J connectivity index is 1.69. The summed E-state index contributed by atoms with van der Waals surface area (Å²) in [5.74, 6) is -0.439. The summed E-state index contributed by atoms with van der Waals surface area (Å²) in [6.07, 6.45) is -1.35. The molecule has 0 aliphatic carbocycles. The second-order valence-corrected chi connectivity index (χ2v) is 7.35. The van der Waals surface area contributed by atoms with E-state index in [9.17, 15) is 22.8 Å². The predicted octanol–water partition coefficient (Wildman–Crippen LogP) is 4.21. The monoisotopic (exact) mass is 427 g/mol. The second kappa shape index (κ2) is 8.15. The first-order chi connectivity index (χ1) is 13.2. The van der Waals surface area contributed by atoms with Crippen molar-refractivity contribution >= 4 is 34.0 Å². The molecule has 3 rings (SSSR count). The summed E-state index contributed by atoms with van der Waals surface area (Å²) in [7, 11) is 0. The summed E-state index contributed by atoms with van der Waals surface area (Å²) in [5, 5.41) is 3.07. The van der Waals surface area contributed by atoms with Crippen molar-refractivity contribution in [3.63, 3.8) is 0 Å². The molecule has 0 bridgehead atoms. The maximum absolute atomic E-state index is 12.9. The van der Waals surface area contributed by atoms with Gasteiger partial charge in [-0.15, -0.1) is 11.3 Å². The molecule has 1 N–H and O–H groups in total. The fourth-order valence-electron chi connectivity index (χ4n) is 2.43. The van der Waals surface area contributed by atoms with E-state index in [1.165, 1.54) is 29.1 Å². The van der Waals surface area contributed by atoms with Gasteiger partial charge in [0, 0.05) is 34.8 Å². The average Bonchev–Trinajstić information content (AvgIpc) is 3.04. The third kappa shape index (κ3) is 4.99. The van der Waals surface area contributed by atoms with Crippen LogP contribution in [-0.4, -0.2) is 15.5 Å². The lowest BCUT2D eigenvalue weighted by Gasteiger charge is -2.09. The summed E-state index contributed by atoms with van der Waals surface area (Å²) in [4.78, 5) is 28.4. The molecule has 0 aliphatic heterocycles. The minimum atomic E-state index is -4.46. The number of nitrogens with zero attached hydrogens (tertiary/aromatic N) is 2. The van der Waals surface area contributed by atoms with E-state index in [4.69, 9.17) is 11.6 Å². The van der Waals surface area contributed by atoms with Crippen LogP contribution < -0.4 is 10.9 Å². The molecule has 2 heterocycles. The van der Waals surface area contributed by atoms with Crippen molar-refractivity contribution in [2.45, 2.75) is 19.1 Å². The van der Waals surface area contributed by atoms with Crippen molar-refractivity contribution < 1.29 is 18.0 Å². The van der Waals surface area contributed by atoms with Gasteiger partial charge in [0.15, 0.2) is 5.13 Å². The molecular formula is C18H13ClF3N3O2S. The maximum atomic E-state index is 12.9. The maximum Gasteiger partial charge on any atom is 0.416 e. The lowest BCUT2D eigenvalue weighted by Crippen LogP contribution is -2.26. The number of carbonyl (C=O) groups is 1. The third-order valence-corrected chi connectivity index (χ3v) is 5.03. The highest BCUT2D eigenvalue weighted by molar-refractivity contribution is 7.15. The molecule has 5 nitrogen and oxygen atoms in total. The van der Waals surface area contributed by atoms with Crippen LogP contribution in [0.1, 0.15) is 16.0 Å². The Hall–Kier alpha value is -2.65. The van der Waals surface area contributed by atoms with E-state index < -0.39 is 17.6 Å². The molecule has 2 aromatic heterocycles. The van der Waals surface area contributed by atoms with Gasteiger partial charge in [0.25, 0.3) is 5.56 Å². The number of anilines is 1. The highest BCUT2D eigenvalue weighted by Gasteiger charge is 2.30. The van der Waals surface area contributed by atoms with Crippen LogP contribution in [0.3, 0.4) is 0 Å². The molecule has 3 aromatic rings. The number of amides is 1. The Morgan fingerprint density at radius 3 is 2.75 bits per heavy atom. The van der Waals surface area contributed by atoms with Crippen molar-refractivity contribution in [3.8, 4) is 0 Å². The molecule has 146 valence electrons. The molecule has 0 fully saturated rings. The lowest BCUT2D eigenvalue weighted by molar-refractivity contribution is -0.137. The fraction of sp³-hybridized carbons (Fsp3) is 0.167. The third-order valence-electron chi connectivity index (χ3n) is 3.75. The molecule has 10 heteroatoms. The number of hydrogen-bond donors (Lipinski definition) is 1. The standard InChI is InChI=1S/C18H13ClF3N3O2S/c19-14-5-4-12(18(20,21)22)7-11(14)8-13-9-23-17(28-13)24-15(26)10-25-6-2-1-3-16(25)27/h1-7,9H,8,10H2,(H,23,24,26). The first-order valence-electron chi connectivity index (χ1n) is 7.98. The summed E-state index contributed by atoms with van der Waals surface area (Å²) in [5.41, 5.74) is -0.774. The van der Waals surface area contributed by atoms with Crippen LogP contribution in [0.2, 0.25) is 5.02 Å². The number of hydrogen-bond acceptors (Lipinski definition) is 4. The quantitative estimate of drug-likeness (QED) is 0.663. The molecule has 0 aliphatic rings. The minimum absolute atomic E-state index is 0.147.